The van der Waals surface area contributed by atoms with Crippen LogP contribution in [0.5, 0.6) is 5.75 Å². The van der Waals surface area contributed by atoms with Gasteiger partial charge < -0.3 is 29.2 Å². The minimum atomic E-state index is -4.56. The van der Waals surface area contributed by atoms with Crippen LogP contribution in [0, 0.1) is 18.4 Å². The number of nitrogen functional groups attached to an aromatic ring is 1. The number of anilines is 1. The van der Waals surface area contributed by atoms with Gasteiger partial charge in [-0.1, -0.05) is 45.9 Å². The van der Waals surface area contributed by atoms with Crippen molar-refractivity contribution in [1.29, 1.82) is 0 Å². The fourth-order valence-corrected chi connectivity index (χ4v) is 6.48. The van der Waals surface area contributed by atoms with E-state index >= 15 is 0 Å². The average Bonchev–Trinajstić information content (AvgIpc) is 3.62. The molecule has 50 heavy (non-hydrogen) atoms. The molecule has 1 unspecified atom stereocenters. The van der Waals surface area contributed by atoms with Crippen molar-refractivity contribution in [3.05, 3.63) is 65.9 Å². The molecule has 4 heterocycles. The fourth-order valence-electron chi connectivity index (χ4n) is 4.97. The second kappa shape index (κ2) is 15.1. The van der Waals surface area contributed by atoms with Crippen molar-refractivity contribution in [2.45, 2.75) is 70.8 Å². The summed E-state index contributed by atoms with van der Waals surface area (Å²) in [4.78, 5) is 46.8. The van der Waals surface area contributed by atoms with Crippen molar-refractivity contribution in [3.63, 3.8) is 0 Å². The molecule has 3 aromatic rings. The van der Waals surface area contributed by atoms with Crippen LogP contribution in [0.2, 0.25) is 0 Å². The molecule has 2 aliphatic rings. The fraction of sp³-hybridized carbons (Fsp3) is 0.500. The Balaban J connectivity index is 1.54. The number of esters is 3. The van der Waals surface area contributed by atoms with Gasteiger partial charge in [-0.2, -0.15) is 10.2 Å². The van der Waals surface area contributed by atoms with Crippen LogP contribution in [0.1, 0.15) is 46.4 Å². The first-order valence-electron chi connectivity index (χ1n) is 15.9. The summed E-state index contributed by atoms with van der Waals surface area (Å²) in [6, 6.07) is 9.99. The van der Waals surface area contributed by atoms with Crippen molar-refractivity contribution in [3.8, 4) is 5.75 Å². The van der Waals surface area contributed by atoms with Crippen LogP contribution in [-0.4, -0.2) is 82.4 Å². The van der Waals surface area contributed by atoms with Crippen molar-refractivity contribution in [2.24, 2.45) is 11.8 Å². The summed E-state index contributed by atoms with van der Waals surface area (Å²) < 4.78 is 56.0. The predicted molar refractivity (Wildman–Crippen MR) is 174 cm³/mol. The van der Waals surface area contributed by atoms with E-state index in [0.717, 1.165) is 0 Å². The van der Waals surface area contributed by atoms with E-state index in [1.54, 1.807) is 58.0 Å². The molecule has 2 aliphatic heterocycles. The topological polar surface area (TPSA) is 205 Å². The van der Waals surface area contributed by atoms with Gasteiger partial charge in [-0.05, 0) is 31.2 Å². The lowest BCUT2D eigenvalue weighted by Crippen LogP contribution is -2.49. The van der Waals surface area contributed by atoms with Crippen molar-refractivity contribution >= 4 is 37.0 Å². The van der Waals surface area contributed by atoms with E-state index in [4.69, 9.17) is 45.0 Å². The molecule has 0 aliphatic carbocycles. The molecule has 17 nitrogen and oxygen atoms in total. The number of hydrogen-bond donors (Lipinski definition) is 2. The number of carbonyl (C=O) groups excluding carboxylic acids is 3. The van der Waals surface area contributed by atoms with E-state index in [0.29, 0.717) is 5.52 Å². The Morgan fingerprint density at radius 1 is 1.04 bits per heavy atom. The zero-order valence-corrected chi connectivity index (χ0v) is 29.0. The van der Waals surface area contributed by atoms with Gasteiger partial charge in [0.25, 0.3) is 0 Å². The highest BCUT2D eigenvalue weighted by molar-refractivity contribution is 7.52. The van der Waals surface area contributed by atoms with E-state index < -0.39 is 80.3 Å². The molecule has 0 bridgehead atoms. The molecule has 0 radical (unpaired) electrons. The lowest BCUT2D eigenvalue weighted by Gasteiger charge is -2.29. The molecule has 18 heteroatoms. The summed E-state index contributed by atoms with van der Waals surface area (Å²) >= 11 is 0. The summed E-state index contributed by atoms with van der Waals surface area (Å²) in [5.74, 6) is -3.18. The molecule has 2 saturated heterocycles. The Hall–Kier alpha value is -4.59. The maximum absolute atomic E-state index is 14.4. The van der Waals surface area contributed by atoms with E-state index in [1.807, 2.05) is 0 Å². The van der Waals surface area contributed by atoms with Gasteiger partial charge in [0.05, 0.1) is 30.7 Å². The molecule has 2 fully saturated rings. The zero-order valence-electron chi connectivity index (χ0n) is 28.1. The number of para-hydroxylation sites is 1. The number of carbonyl (C=O) groups is 3. The van der Waals surface area contributed by atoms with Crippen molar-refractivity contribution in [1.82, 2.24) is 19.7 Å². The minimum absolute atomic E-state index is 0.113. The molecular weight excluding hydrogens is 675 g/mol. The highest BCUT2D eigenvalue weighted by Crippen LogP contribution is 2.50. The molecule has 6 atom stereocenters. The predicted octanol–water partition coefficient (Wildman–Crippen LogP) is 3.26. The highest BCUT2D eigenvalue weighted by atomic mass is 31.2. The SMILES string of the molecule is [C-]#[N+][C@]1(COP(=O)(N[C@@H](C)C(=O)OC2COC2)Oc2ccccc2)O[C@@H](c2ccc3c(N)ncnn23)[C@H](OC(=O)C(C)C)[C@@H]1OC(=O)C(C)C. The number of fused-ring (bicyclic) bond motifs is 1. The molecule has 1 aromatic carbocycles. The number of hydrogen-bond acceptors (Lipinski definition) is 14. The molecule has 0 amide bonds. The largest absolute Gasteiger partial charge is 0.459 e. The Morgan fingerprint density at radius 2 is 1.72 bits per heavy atom. The van der Waals surface area contributed by atoms with Crippen LogP contribution in [0.4, 0.5) is 5.82 Å². The van der Waals surface area contributed by atoms with Crippen LogP contribution < -0.4 is 15.3 Å². The number of nitrogens with two attached hydrogens (primary N) is 1. The third kappa shape index (κ3) is 7.90. The van der Waals surface area contributed by atoms with Crippen molar-refractivity contribution < 1.29 is 51.7 Å². The quantitative estimate of drug-likeness (QED) is 0.106. The lowest BCUT2D eigenvalue weighted by molar-refractivity contribution is -0.174. The molecule has 0 saturated carbocycles. The Bertz CT molecular complexity index is 1790. The number of benzene rings is 1. The van der Waals surface area contributed by atoms with E-state index in [1.165, 1.54) is 29.9 Å². The summed E-state index contributed by atoms with van der Waals surface area (Å²) in [5, 5.41) is 6.83. The van der Waals surface area contributed by atoms with Crippen LogP contribution >= 0.6 is 7.75 Å². The van der Waals surface area contributed by atoms with E-state index in [2.05, 4.69) is 20.0 Å². The summed E-state index contributed by atoms with van der Waals surface area (Å²) in [7, 11) is -4.56. The standard InChI is InChI=1S/C32H39N6O11P/c1-18(2)29(39)46-26-25(23-12-13-24-28(33)35-17-36-38(23)24)48-32(34-6,27(26)47-30(40)19(3)4)16-44-50(42,49-21-10-8-7-9-11-21)37-20(5)31(41)45-22-14-43-15-22/h7-13,17-20,22,25-27H,14-16H2,1-5H3,(H,37,42)(H2,33,35,36)/t20-,25-,26-,27-,32+,50?/m0/s1. The Labute approximate surface area is 288 Å². The highest BCUT2D eigenvalue weighted by Gasteiger charge is 2.67. The van der Waals surface area contributed by atoms with Gasteiger partial charge in [0, 0.05) is 0 Å². The summed E-state index contributed by atoms with van der Waals surface area (Å²) in [6.07, 6.45) is -3.55. The van der Waals surface area contributed by atoms with Gasteiger partial charge in [0.2, 0.25) is 6.10 Å². The Morgan fingerprint density at radius 3 is 2.34 bits per heavy atom. The van der Waals surface area contributed by atoms with Gasteiger partial charge in [0.1, 0.15) is 35.8 Å². The number of nitrogens with zero attached hydrogens (tertiary/aromatic N) is 4. The molecule has 268 valence electrons. The van der Waals surface area contributed by atoms with Crippen LogP contribution in [0.3, 0.4) is 0 Å². The number of aromatic nitrogens is 3. The maximum atomic E-state index is 14.4. The summed E-state index contributed by atoms with van der Waals surface area (Å²) in [6.45, 7) is 15.7. The molecule has 3 N–H and O–H groups in total. The number of rotatable bonds is 14. The second-order valence-electron chi connectivity index (χ2n) is 12.4. The third-order valence-electron chi connectivity index (χ3n) is 7.81. The second-order valence-corrected chi connectivity index (χ2v) is 14.1. The smallest absolute Gasteiger partial charge is 0.456 e. The molecule has 2 aromatic heterocycles. The van der Waals surface area contributed by atoms with E-state index in [-0.39, 0.29) is 30.5 Å². The first-order chi connectivity index (χ1) is 23.8. The monoisotopic (exact) mass is 714 g/mol. The van der Waals surface area contributed by atoms with Gasteiger partial charge in [-0.15, -0.1) is 0 Å². The zero-order chi connectivity index (χ0) is 36.2. The minimum Gasteiger partial charge on any atom is -0.456 e. The van der Waals surface area contributed by atoms with Crippen LogP contribution in [-0.2, 0) is 47.2 Å². The van der Waals surface area contributed by atoms with Crippen LogP contribution in [0.15, 0.2) is 48.8 Å². The summed E-state index contributed by atoms with van der Waals surface area (Å²) in [5.41, 5.74) is 4.46. The van der Waals surface area contributed by atoms with Gasteiger partial charge in [-0.3, -0.25) is 28.5 Å². The normalized spacial score (nSPS) is 23.8. The van der Waals surface area contributed by atoms with Crippen LogP contribution in [0.25, 0.3) is 10.4 Å². The number of nitrogens with one attached hydrogen (secondary N) is 1. The van der Waals surface area contributed by atoms with Gasteiger partial charge in [0.15, 0.2) is 18.5 Å². The lowest BCUT2D eigenvalue weighted by atomic mass is 10.0. The Kier molecular flexibility index (Phi) is 11.1. The first-order valence-corrected chi connectivity index (χ1v) is 17.4. The van der Waals surface area contributed by atoms with Gasteiger partial charge >= 0.3 is 31.4 Å². The van der Waals surface area contributed by atoms with Gasteiger partial charge in [-0.25, -0.2) is 20.6 Å². The average molecular weight is 715 g/mol. The van der Waals surface area contributed by atoms with E-state index in [9.17, 15) is 18.9 Å². The molecular formula is C32H39N6O11P. The molecule has 5 rings (SSSR count). The third-order valence-corrected chi connectivity index (χ3v) is 9.43. The first kappa shape index (κ1) is 36.7. The maximum Gasteiger partial charge on any atom is 0.459 e. The number of ether oxygens (including phenoxy) is 5. The van der Waals surface area contributed by atoms with Crippen molar-refractivity contribution in [2.75, 3.05) is 25.6 Å². The molecule has 0 spiro atoms.